The van der Waals surface area contributed by atoms with Crippen LogP contribution in [-0.2, 0) is 9.59 Å². The van der Waals surface area contributed by atoms with Crippen LogP contribution in [0.25, 0.3) is 0 Å². The molecule has 0 amide bonds. The molecule has 8 nitrogen and oxygen atoms in total. The number of benzene rings is 1. The molecule has 0 unspecified atom stereocenters. The van der Waals surface area contributed by atoms with Gasteiger partial charge in [-0.15, -0.1) is 0 Å². The summed E-state index contributed by atoms with van der Waals surface area (Å²) >= 11 is 0. The van der Waals surface area contributed by atoms with E-state index in [0.717, 1.165) is 37.7 Å². The number of aldehydes is 1. The molecule has 8 heteroatoms. The highest BCUT2D eigenvalue weighted by Crippen LogP contribution is 2.47. The van der Waals surface area contributed by atoms with Gasteiger partial charge in [0.15, 0.2) is 6.29 Å². The second kappa shape index (κ2) is 7.25. The van der Waals surface area contributed by atoms with Gasteiger partial charge in [-0.2, -0.15) is 0 Å². The van der Waals surface area contributed by atoms with Crippen molar-refractivity contribution in [3.8, 4) is 0 Å². The Balaban J connectivity index is 2.21. The standard InChI is InChI=1S/C18H22N4O4/c1-11-14(22(25)26)7-15-18(17(11)12-5-3-2-4-6-12)20-13(16(24)9-23)8-21(15)10-19/h7-9,12,20H,2-6,10,19H2,1H3. The summed E-state index contributed by atoms with van der Waals surface area (Å²) in [5.74, 6) is -0.505. The third-order valence-electron chi connectivity index (χ3n) is 5.22. The Morgan fingerprint density at radius 3 is 2.69 bits per heavy atom. The molecule has 3 rings (SSSR count). The van der Waals surface area contributed by atoms with Crippen LogP contribution in [0.4, 0.5) is 17.1 Å². The monoisotopic (exact) mass is 358 g/mol. The average Bonchev–Trinajstić information content (AvgIpc) is 2.66. The van der Waals surface area contributed by atoms with Crippen molar-refractivity contribution >= 4 is 29.1 Å². The van der Waals surface area contributed by atoms with Crippen LogP contribution in [0.3, 0.4) is 0 Å². The maximum atomic E-state index is 11.9. The number of nitrogens with zero attached hydrogens (tertiary/aromatic N) is 2. The molecule has 1 heterocycles. The number of ketones is 1. The molecule has 1 aromatic carbocycles. The fraction of sp³-hybridized carbons (Fsp3) is 0.444. The molecular formula is C18H22N4O4. The maximum absolute atomic E-state index is 11.9. The van der Waals surface area contributed by atoms with E-state index in [1.807, 2.05) is 0 Å². The second-order valence-corrected chi connectivity index (χ2v) is 6.72. The predicted molar refractivity (Wildman–Crippen MR) is 98.0 cm³/mol. The van der Waals surface area contributed by atoms with Gasteiger partial charge in [0.25, 0.3) is 5.69 Å². The first-order valence-electron chi connectivity index (χ1n) is 8.74. The molecule has 1 aromatic rings. The molecule has 1 fully saturated rings. The Morgan fingerprint density at radius 1 is 1.42 bits per heavy atom. The van der Waals surface area contributed by atoms with Gasteiger partial charge in [-0.25, -0.2) is 0 Å². The Kier molecular flexibility index (Phi) is 5.03. The summed E-state index contributed by atoms with van der Waals surface area (Å²) in [6.07, 6.45) is 6.86. The Labute approximate surface area is 151 Å². The van der Waals surface area contributed by atoms with Crippen molar-refractivity contribution in [3.63, 3.8) is 0 Å². The van der Waals surface area contributed by atoms with Crippen LogP contribution in [0.1, 0.15) is 49.1 Å². The summed E-state index contributed by atoms with van der Waals surface area (Å²) in [7, 11) is 0. The molecular weight excluding hydrogens is 336 g/mol. The molecule has 0 atom stereocenters. The summed E-state index contributed by atoms with van der Waals surface area (Å²) in [5.41, 5.74) is 8.65. The number of nitrogens with two attached hydrogens (primary N) is 1. The maximum Gasteiger partial charge on any atom is 0.274 e. The first-order valence-corrected chi connectivity index (χ1v) is 8.74. The first kappa shape index (κ1) is 18.1. The van der Waals surface area contributed by atoms with Gasteiger partial charge >= 0.3 is 0 Å². The van der Waals surface area contributed by atoms with Crippen molar-refractivity contribution in [1.29, 1.82) is 0 Å². The zero-order valence-electron chi connectivity index (χ0n) is 14.7. The van der Waals surface area contributed by atoms with Gasteiger partial charge in [0.05, 0.1) is 23.0 Å². The van der Waals surface area contributed by atoms with Gasteiger partial charge in [0.2, 0.25) is 5.78 Å². The lowest BCUT2D eigenvalue weighted by atomic mass is 9.80. The number of rotatable bonds is 5. The minimum absolute atomic E-state index is 0.0363. The van der Waals surface area contributed by atoms with Crippen molar-refractivity contribution in [1.82, 2.24) is 0 Å². The van der Waals surface area contributed by atoms with Crippen LogP contribution in [0.5, 0.6) is 0 Å². The van der Waals surface area contributed by atoms with E-state index in [-0.39, 0.29) is 35.2 Å². The van der Waals surface area contributed by atoms with Crippen LogP contribution in [0, 0.1) is 17.0 Å². The fourth-order valence-electron chi connectivity index (χ4n) is 3.95. The number of carbonyl (C=O) groups excluding carboxylic acids is 2. The topological polar surface area (TPSA) is 119 Å². The summed E-state index contributed by atoms with van der Waals surface area (Å²) in [5, 5.41) is 14.6. The molecule has 0 radical (unpaired) electrons. The van der Waals surface area contributed by atoms with Crippen molar-refractivity contribution < 1.29 is 14.5 Å². The number of anilines is 2. The lowest BCUT2D eigenvalue weighted by Crippen LogP contribution is -2.32. The van der Waals surface area contributed by atoms with Crippen LogP contribution in [0.2, 0.25) is 0 Å². The highest BCUT2D eigenvalue weighted by atomic mass is 16.6. The second-order valence-electron chi connectivity index (χ2n) is 6.72. The third-order valence-corrected chi connectivity index (χ3v) is 5.22. The minimum Gasteiger partial charge on any atom is -0.349 e. The number of allylic oxidation sites excluding steroid dienone is 1. The van der Waals surface area contributed by atoms with Gasteiger partial charge < -0.3 is 16.0 Å². The van der Waals surface area contributed by atoms with Gasteiger partial charge in [-0.05, 0) is 31.2 Å². The van der Waals surface area contributed by atoms with Crippen LogP contribution < -0.4 is 16.0 Å². The molecule has 1 saturated carbocycles. The van der Waals surface area contributed by atoms with E-state index >= 15 is 0 Å². The smallest absolute Gasteiger partial charge is 0.274 e. The average molecular weight is 358 g/mol. The molecule has 0 bridgehead atoms. The number of carbonyl (C=O) groups is 2. The molecule has 2 aliphatic rings. The molecule has 0 spiro atoms. The number of fused-ring (bicyclic) bond motifs is 1. The molecule has 138 valence electrons. The number of hydrogen-bond donors (Lipinski definition) is 2. The fourth-order valence-corrected chi connectivity index (χ4v) is 3.95. The molecule has 0 saturated heterocycles. The summed E-state index contributed by atoms with van der Waals surface area (Å²) in [4.78, 5) is 35.6. The van der Waals surface area contributed by atoms with Crippen molar-refractivity contribution in [2.24, 2.45) is 5.73 Å². The lowest BCUT2D eigenvalue weighted by molar-refractivity contribution is -0.385. The number of nitrogens with one attached hydrogen (secondary N) is 1. The van der Waals surface area contributed by atoms with Crippen molar-refractivity contribution in [2.75, 3.05) is 16.9 Å². The van der Waals surface area contributed by atoms with Gasteiger partial charge in [0.1, 0.15) is 5.70 Å². The van der Waals surface area contributed by atoms with E-state index in [1.165, 1.54) is 12.3 Å². The van der Waals surface area contributed by atoms with Crippen LogP contribution >= 0.6 is 0 Å². The quantitative estimate of drug-likeness (QED) is 0.359. The molecule has 1 aliphatic heterocycles. The molecule has 1 aliphatic carbocycles. The third kappa shape index (κ3) is 3.08. The molecule has 0 aromatic heterocycles. The molecule has 3 N–H and O–H groups in total. The van der Waals surface area contributed by atoms with E-state index in [4.69, 9.17) is 5.73 Å². The van der Waals surface area contributed by atoms with E-state index in [2.05, 4.69) is 5.32 Å². The lowest BCUT2D eigenvalue weighted by Gasteiger charge is -2.33. The van der Waals surface area contributed by atoms with Crippen molar-refractivity contribution in [2.45, 2.75) is 44.9 Å². The minimum atomic E-state index is -0.681. The van der Waals surface area contributed by atoms with E-state index in [1.54, 1.807) is 11.8 Å². The number of nitro benzene ring substituents is 1. The number of Topliss-reactive ketones (excluding diaryl/α,β-unsaturated/α-hetero) is 1. The number of hydrogen-bond acceptors (Lipinski definition) is 7. The zero-order valence-corrected chi connectivity index (χ0v) is 14.7. The summed E-state index contributed by atoms with van der Waals surface area (Å²) in [6.45, 7) is 1.78. The Morgan fingerprint density at radius 2 is 2.12 bits per heavy atom. The van der Waals surface area contributed by atoms with E-state index in [9.17, 15) is 19.7 Å². The largest absolute Gasteiger partial charge is 0.349 e. The van der Waals surface area contributed by atoms with E-state index in [0.29, 0.717) is 16.9 Å². The van der Waals surface area contributed by atoms with Gasteiger partial charge in [-0.1, -0.05) is 19.3 Å². The van der Waals surface area contributed by atoms with Crippen molar-refractivity contribution in [3.05, 3.63) is 39.2 Å². The van der Waals surface area contributed by atoms with E-state index < -0.39 is 5.78 Å². The summed E-state index contributed by atoms with van der Waals surface area (Å²) < 4.78 is 0. The summed E-state index contributed by atoms with van der Waals surface area (Å²) in [6, 6.07) is 1.48. The van der Waals surface area contributed by atoms with Crippen LogP contribution in [-0.4, -0.2) is 23.7 Å². The Hall–Kier alpha value is -2.74. The Bertz CT molecular complexity index is 797. The first-order chi connectivity index (χ1) is 12.5. The zero-order chi connectivity index (χ0) is 18.8. The SMILES string of the molecule is Cc1c([N+](=O)[O-])cc2c(c1C1CCCCC1)NC(C(=O)C=O)=CN2CN. The number of nitro groups is 1. The predicted octanol–water partition coefficient (Wildman–Crippen LogP) is 2.71. The highest BCUT2D eigenvalue weighted by molar-refractivity contribution is 6.34. The van der Waals surface area contributed by atoms with Gasteiger partial charge in [0, 0.05) is 17.8 Å². The normalized spacial score (nSPS) is 17.2. The molecule has 26 heavy (non-hydrogen) atoms. The highest BCUT2D eigenvalue weighted by Gasteiger charge is 2.32. The van der Waals surface area contributed by atoms with Gasteiger partial charge in [-0.3, -0.25) is 19.7 Å². The van der Waals surface area contributed by atoms with Crippen LogP contribution in [0.15, 0.2) is 18.0 Å².